The van der Waals surface area contributed by atoms with Gasteiger partial charge in [-0.15, -0.1) is 0 Å². The van der Waals surface area contributed by atoms with Crippen molar-refractivity contribution in [3.63, 3.8) is 0 Å². The van der Waals surface area contributed by atoms with Crippen molar-refractivity contribution in [3.8, 4) is 5.75 Å². The quantitative estimate of drug-likeness (QED) is 0.0156. The number of morpholine rings is 1. The highest BCUT2D eigenvalue weighted by molar-refractivity contribution is 5.79. The molecule has 2 heterocycles. The first-order chi connectivity index (χ1) is 30.1. The van der Waals surface area contributed by atoms with Crippen molar-refractivity contribution in [1.82, 2.24) is 5.32 Å². The molecule has 2 fully saturated rings. The van der Waals surface area contributed by atoms with Gasteiger partial charge < -0.3 is 43.2 Å². The fraction of sp³-hybridized carbons (Fsp3) is 0.600. The maximum Gasteiger partial charge on any atom is 0.361 e. The number of aryl methyl sites for hydroxylation is 1. The Balaban J connectivity index is 1.05. The van der Waals surface area contributed by atoms with E-state index in [1.165, 1.54) is 5.56 Å². The highest BCUT2D eigenvalue weighted by Gasteiger charge is 2.66. The number of aliphatic hydroxyl groups is 1. The SMILES string of the molecule is CC[N+](CC)(CC(=O)OCC(C(=O)OCCC1[C@@H]2O[C@@H]2C(C)[N+]1(C)CC)c1ccccc1)Cc1cc(C(O)CNCCCCCCOCCCCc2ccccc2)ccc1OO. The summed E-state index contributed by atoms with van der Waals surface area (Å²) in [6.07, 6.45) is 8.02. The monoisotopic (exact) mass is 862 g/mol. The van der Waals surface area contributed by atoms with Crippen LogP contribution in [0, 0.1) is 0 Å². The van der Waals surface area contributed by atoms with E-state index in [4.69, 9.17) is 23.8 Å². The molecule has 12 nitrogen and oxygen atoms in total. The first-order valence-corrected chi connectivity index (χ1v) is 23.2. The standard InChI is InChI=1S/C50H74N3O9/c1-6-52(5)38(4)48-49(61-48)44(52)28-32-59-50(56)43(40-24-15-12-16-25-40)37-60-47(55)36-53(7-2,8-3)35-42-33-41(26-27-46(42)62-57)45(54)34-51-29-18-9-10-19-30-58-31-20-17-23-39-21-13-11-14-22-39/h11-16,21-22,24-27,33,38,43-45,48-49,51,54H,6-10,17-20,23,28-32,34-37H2,1-5H3/q+1/p+1/t38?,43?,44?,45?,48-,49+,52?/m1/s1. The van der Waals surface area contributed by atoms with Gasteiger partial charge in [0.25, 0.3) is 0 Å². The lowest BCUT2D eigenvalue weighted by Gasteiger charge is -2.41. The molecule has 3 aromatic carbocycles. The molecule has 2 aliphatic rings. The fourth-order valence-electron chi connectivity index (χ4n) is 9.20. The average Bonchev–Trinajstić information content (AvgIpc) is 4.06. The van der Waals surface area contributed by atoms with Gasteiger partial charge in [0.1, 0.15) is 43.4 Å². The summed E-state index contributed by atoms with van der Waals surface area (Å²) >= 11 is 0. The zero-order chi connectivity index (χ0) is 44.4. The van der Waals surface area contributed by atoms with E-state index in [0.717, 1.165) is 81.3 Å². The second kappa shape index (κ2) is 24.8. The number of nitrogens with one attached hydrogen (secondary N) is 1. The highest BCUT2D eigenvalue weighted by atomic mass is 17.1. The van der Waals surface area contributed by atoms with Crippen LogP contribution >= 0.6 is 0 Å². The minimum atomic E-state index is -0.767. The van der Waals surface area contributed by atoms with E-state index in [2.05, 4.69) is 56.5 Å². The number of nitrogens with zero attached hydrogens (tertiary/aromatic N) is 2. The third kappa shape index (κ3) is 13.8. The Hall–Kier alpha value is -3.88. The predicted octanol–water partition coefficient (Wildman–Crippen LogP) is 7.38. The Bertz CT molecular complexity index is 1780. The van der Waals surface area contributed by atoms with Crippen molar-refractivity contribution in [2.75, 3.05) is 72.7 Å². The number of hydrogen-bond acceptors (Lipinski definition) is 10. The van der Waals surface area contributed by atoms with Gasteiger partial charge in [-0.2, -0.15) is 0 Å². The third-order valence-corrected chi connectivity index (χ3v) is 13.8. The number of likely N-dealkylation sites (tertiary alicyclic amines) is 1. The summed E-state index contributed by atoms with van der Waals surface area (Å²) in [4.78, 5) is 32.0. The van der Waals surface area contributed by atoms with Gasteiger partial charge in [-0.05, 0) is 95.2 Å². The number of carbonyl (C=O) groups is 2. The van der Waals surface area contributed by atoms with Gasteiger partial charge in [0.05, 0.1) is 45.0 Å². The number of esters is 2. The van der Waals surface area contributed by atoms with Gasteiger partial charge >= 0.3 is 11.9 Å². The molecule has 0 bridgehead atoms. The van der Waals surface area contributed by atoms with Crippen molar-refractivity contribution in [1.29, 1.82) is 0 Å². The Labute approximate surface area is 370 Å². The maximum atomic E-state index is 13.6. The van der Waals surface area contributed by atoms with E-state index in [1.807, 2.05) is 50.2 Å². The van der Waals surface area contributed by atoms with Crippen LogP contribution in [0.3, 0.4) is 0 Å². The zero-order valence-electron chi connectivity index (χ0n) is 38.1. The van der Waals surface area contributed by atoms with Crippen LogP contribution in [0.2, 0.25) is 0 Å². The van der Waals surface area contributed by atoms with Gasteiger partial charge in [0, 0.05) is 26.2 Å². The second-order valence-electron chi connectivity index (χ2n) is 17.6. The molecule has 342 valence electrons. The van der Waals surface area contributed by atoms with E-state index >= 15 is 0 Å². The lowest BCUT2D eigenvalue weighted by atomic mass is 10.0. The third-order valence-electron chi connectivity index (χ3n) is 13.8. The van der Waals surface area contributed by atoms with Gasteiger partial charge in [0.2, 0.25) is 0 Å². The Morgan fingerprint density at radius 2 is 1.53 bits per heavy atom. The number of quaternary nitrogens is 2. The zero-order valence-corrected chi connectivity index (χ0v) is 38.1. The number of carbonyl (C=O) groups excluding carboxylic acids is 2. The van der Waals surface area contributed by atoms with Crippen molar-refractivity contribution in [2.24, 2.45) is 0 Å². The summed E-state index contributed by atoms with van der Waals surface area (Å²) in [5.74, 6) is -1.36. The van der Waals surface area contributed by atoms with Crippen LogP contribution in [-0.4, -0.2) is 128 Å². The minimum Gasteiger partial charge on any atom is -0.465 e. The van der Waals surface area contributed by atoms with Crippen LogP contribution < -0.4 is 10.2 Å². The summed E-state index contributed by atoms with van der Waals surface area (Å²) < 4.78 is 24.7. The number of rotatable bonds is 30. The first kappa shape index (κ1) is 49.1. The van der Waals surface area contributed by atoms with Crippen LogP contribution in [-0.2, 0) is 41.5 Å². The number of hydrogen-bond donors (Lipinski definition) is 3. The molecule has 7 atom stereocenters. The first-order valence-electron chi connectivity index (χ1n) is 23.2. The van der Waals surface area contributed by atoms with Crippen LogP contribution in [0.1, 0.15) is 107 Å². The largest absolute Gasteiger partial charge is 0.465 e. The van der Waals surface area contributed by atoms with Crippen LogP contribution in [0.15, 0.2) is 78.9 Å². The van der Waals surface area contributed by atoms with Crippen molar-refractivity contribution < 1.29 is 52.8 Å². The normalized spacial score (nSPS) is 21.5. The smallest absolute Gasteiger partial charge is 0.361 e. The molecule has 2 saturated heterocycles. The van der Waals surface area contributed by atoms with Gasteiger partial charge in [-0.3, -0.25) is 4.79 Å². The van der Waals surface area contributed by atoms with Crippen LogP contribution in [0.25, 0.3) is 0 Å². The second-order valence-corrected chi connectivity index (χ2v) is 17.6. The molecule has 3 N–H and O–H groups in total. The maximum absolute atomic E-state index is 13.6. The molecule has 0 aromatic heterocycles. The van der Waals surface area contributed by atoms with E-state index < -0.39 is 24.0 Å². The molecule has 5 unspecified atom stereocenters. The molecule has 12 heteroatoms. The Morgan fingerprint density at radius 3 is 2.23 bits per heavy atom. The van der Waals surface area contributed by atoms with Gasteiger partial charge in [-0.25, -0.2) is 10.1 Å². The molecule has 62 heavy (non-hydrogen) atoms. The van der Waals surface area contributed by atoms with Crippen molar-refractivity contribution in [2.45, 2.75) is 122 Å². The number of unbranched alkanes of at least 4 members (excludes halogenated alkanes) is 4. The Morgan fingerprint density at radius 1 is 0.839 bits per heavy atom. The summed E-state index contributed by atoms with van der Waals surface area (Å²) in [5, 5.41) is 24.3. The summed E-state index contributed by atoms with van der Waals surface area (Å²) in [5.41, 5.74) is 3.47. The van der Waals surface area contributed by atoms with Gasteiger partial charge in [0.15, 0.2) is 12.3 Å². The number of benzene rings is 3. The Kier molecular flexibility index (Phi) is 19.7. The number of aliphatic hydroxyl groups excluding tert-OH is 1. The van der Waals surface area contributed by atoms with Crippen LogP contribution in [0.5, 0.6) is 5.75 Å². The van der Waals surface area contributed by atoms with Crippen LogP contribution in [0.4, 0.5) is 0 Å². The summed E-state index contributed by atoms with van der Waals surface area (Å²) in [7, 11) is 2.26. The molecule has 3 aromatic rings. The van der Waals surface area contributed by atoms with Crippen molar-refractivity contribution in [3.05, 3.63) is 101 Å². The number of fused-ring (bicyclic) bond motifs is 1. The molecule has 0 aliphatic carbocycles. The van der Waals surface area contributed by atoms with E-state index in [1.54, 1.807) is 12.1 Å². The molecule has 0 saturated carbocycles. The average molecular weight is 862 g/mol. The molecular formula is C50H75N3O9+2. The molecule has 0 amide bonds. The van der Waals surface area contributed by atoms with E-state index in [-0.39, 0.29) is 43.8 Å². The molecular weight excluding hydrogens is 787 g/mol. The predicted molar refractivity (Wildman–Crippen MR) is 240 cm³/mol. The number of ether oxygens (including phenoxy) is 4. The topological polar surface area (TPSA) is 136 Å². The lowest BCUT2D eigenvalue weighted by molar-refractivity contribution is -0.947. The van der Waals surface area contributed by atoms with E-state index in [9.17, 15) is 20.0 Å². The molecule has 5 rings (SSSR count). The molecule has 2 aliphatic heterocycles. The minimum absolute atomic E-state index is 0.0413. The number of epoxide rings is 1. The summed E-state index contributed by atoms with van der Waals surface area (Å²) in [6.45, 7) is 13.9. The number of likely N-dealkylation sites (N-methyl/N-ethyl adjacent to an activating group) is 2. The van der Waals surface area contributed by atoms with Gasteiger partial charge in [-0.1, -0.05) is 79.6 Å². The highest BCUT2D eigenvalue weighted by Crippen LogP contribution is 2.46. The molecule has 0 spiro atoms. The van der Waals surface area contributed by atoms with Crippen molar-refractivity contribution >= 4 is 11.9 Å². The summed E-state index contributed by atoms with van der Waals surface area (Å²) in [6, 6.07) is 25.8. The van der Waals surface area contributed by atoms with E-state index in [0.29, 0.717) is 54.3 Å². The lowest BCUT2D eigenvalue weighted by Crippen LogP contribution is -2.56. The fourth-order valence-corrected chi connectivity index (χ4v) is 9.20. The molecule has 0 radical (unpaired) electrons.